The van der Waals surface area contributed by atoms with E-state index in [1.165, 1.54) is 16.7 Å². The van der Waals surface area contributed by atoms with Crippen LogP contribution in [0.5, 0.6) is 0 Å². The van der Waals surface area contributed by atoms with Crippen molar-refractivity contribution >= 4 is 17.2 Å². The molecule has 0 aliphatic heterocycles. The molecule has 2 N–H and O–H groups in total. The summed E-state index contributed by atoms with van der Waals surface area (Å²) in [5.74, 6) is 0. The fourth-order valence-electron chi connectivity index (χ4n) is 3.42. The van der Waals surface area contributed by atoms with Gasteiger partial charge in [0, 0.05) is 11.1 Å². The second-order valence-electron chi connectivity index (χ2n) is 5.54. The lowest BCUT2D eigenvalue weighted by molar-refractivity contribution is 0.257. The van der Waals surface area contributed by atoms with Gasteiger partial charge in [-0.15, -0.1) is 0 Å². The van der Waals surface area contributed by atoms with Gasteiger partial charge in [-0.2, -0.15) is 0 Å². The number of hydrogen-bond acceptors (Lipinski definition) is 1. The van der Waals surface area contributed by atoms with Crippen LogP contribution in [-0.4, -0.2) is 6.04 Å². The van der Waals surface area contributed by atoms with Crippen LogP contribution in [0.15, 0.2) is 24.8 Å². The Labute approximate surface area is 108 Å². The van der Waals surface area contributed by atoms with E-state index in [1.807, 2.05) is 12.1 Å². The molecular weight excluding hydrogens is 230 g/mol. The zero-order valence-corrected chi connectivity index (χ0v) is 10.8. The van der Waals surface area contributed by atoms with Crippen LogP contribution in [-0.2, 0) is 6.42 Å². The molecule has 0 heterocycles. The molecule has 0 radical (unpaired) electrons. The first-order valence-corrected chi connectivity index (χ1v) is 6.73. The Hall–Kier alpha value is -0.790. The van der Waals surface area contributed by atoms with Gasteiger partial charge in [-0.25, -0.2) is 0 Å². The summed E-state index contributed by atoms with van der Waals surface area (Å²) in [6.07, 6.45) is 5.62. The molecule has 2 heteroatoms. The summed E-state index contributed by atoms with van der Waals surface area (Å²) in [6, 6.07) is 6.56. The molecule has 0 unspecified atom stereocenters. The second-order valence-corrected chi connectivity index (χ2v) is 5.95. The second kappa shape index (κ2) is 3.86. The van der Waals surface area contributed by atoms with E-state index in [9.17, 15) is 0 Å². The predicted octanol–water partition coefficient (Wildman–Crippen LogP) is 3.80. The standard InChI is InChI=1S/C15H18ClN/c1-10-12-3-2-4-14(16)13(12)9-15(10)7-5-11(17)6-8-15/h2-4,11H,1,5-9,17H2. The largest absolute Gasteiger partial charge is 0.328 e. The van der Waals surface area contributed by atoms with Crippen LogP contribution in [0.25, 0.3) is 5.57 Å². The number of benzene rings is 1. The van der Waals surface area contributed by atoms with Gasteiger partial charge in [0.15, 0.2) is 0 Å². The van der Waals surface area contributed by atoms with E-state index >= 15 is 0 Å². The Morgan fingerprint density at radius 3 is 2.65 bits per heavy atom. The monoisotopic (exact) mass is 247 g/mol. The van der Waals surface area contributed by atoms with Crippen molar-refractivity contribution in [3.8, 4) is 0 Å². The predicted molar refractivity (Wildman–Crippen MR) is 73.1 cm³/mol. The zero-order valence-electron chi connectivity index (χ0n) is 10.0. The molecule has 2 aliphatic rings. The van der Waals surface area contributed by atoms with E-state index in [4.69, 9.17) is 17.3 Å². The first-order chi connectivity index (χ1) is 8.12. The van der Waals surface area contributed by atoms with Gasteiger partial charge in [-0.05, 0) is 60.3 Å². The third kappa shape index (κ3) is 1.64. The molecule has 1 fully saturated rings. The summed E-state index contributed by atoms with van der Waals surface area (Å²) >= 11 is 6.30. The van der Waals surface area contributed by atoms with Crippen molar-refractivity contribution in [2.45, 2.75) is 38.1 Å². The molecule has 2 aliphatic carbocycles. The third-order valence-electron chi connectivity index (χ3n) is 4.59. The Kier molecular flexibility index (Phi) is 2.57. The maximum absolute atomic E-state index is 6.30. The molecule has 0 saturated heterocycles. The normalized spacial score (nSPS) is 31.9. The molecule has 0 aromatic heterocycles. The lowest BCUT2D eigenvalue weighted by atomic mass is 9.69. The number of rotatable bonds is 0. The van der Waals surface area contributed by atoms with Gasteiger partial charge >= 0.3 is 0 Å². The average Bonchev–Trinajstić information content (AvgIpc) is 2.60. The lowest BCUT2D eigenvalue weighted by Gasteiger charge is -2.37. The van der Waals surface area contributed by atoms with Gasteiger partial charge in [0.1, 0.15) is 0 Å². The van der Waals surface area contributed by atoms with Crippen molar-refractivity contribution in [3.63, 3.8) is 0 Å². The fraction of sp³-hybridized carbons (Fsp3) is 0.467. The molecule has 3 rings (SSSR count). The Balaban J connectivity index is 1.99. The highest BCUT2D eigenvalue weighted by Gasteiger charge is 2.43. The summed E-state index contributed by atoms with van der Waals surface area (Å²) in [4.78, 5) is 0. The van der Waals surface area contributed by atoms with Crippen LogP contribution >= 0.6 is 11.6 Å². The lowest BCUT2D eigenvalue weighted by Crippen LogP contribution is -2.33. The van der Waals surface area contributed by atoms with E-state index < -0.39 is 0 Å². The number of hydrogen-bond donors (Lipinski definition) is 1. The highest BCUT2D eigenvalue weighted by molar-refractivity contribution is 6.31. The minimum atomic E-state index is 0.253. The van der Waals surface area contributed by atoms with Crippen molar-refractivity contribution < 1.29 is 0 Å². The fourth-order valence-corrected chi connectivity index (χ4v) is 3.66. The summed E-state index contributed by atoms with van der Waals surface area (Å²) in [5, 5.41) is 0.899. The minimum absolute atomic E-state index is 0.253. The van der Waals surface area contributed by atoms with Crippen molar-refractivity contribution in [1.29, 1.82) is 0 Å². The summed E-state index contributed by atoms with van der Waals surface area (Å²) in [6.45, 7) is 4.34. The molecule has 90 valence electrons. The van der Waals surface area contributed by atoms with Crippen molar-refractivity contribution in [3.05, 3.63) is 40.9 Å². The van der Waals surface area contributed by atoms with Gasteiger partial charge in [-0.3, -0.25) is 0 Å². The van der Waals surface area contributed by atoms with Crippen LogP contribution in [0.4, 0.5) is 0 Å². The average molecular weight is 248 g/mol. The Morgan fingerprint density at radius 2 is 2.00 bits per heavy atom. The van der Waals surface area contributed by atoms with E-state index in [1.54, 1.807) is 0 Å². The van der Waals surface area contributed by atoms with E-state index in [0.29, 0.717) is 6.04 Å². The van der Waals surface area contributed by atoms with Gasteiger partial charge < -0.3 is 5.73 Å². The topological polar surface area (TPSA) is 26.0 Å². The maximum atomic E-state index is 6.30. The number of fused-ring (bicyclic) bond motifs is 1. The summed E-state index contributed by atoms with van der Waals surface area (Å²) in [5.41, 5.74) is 10.1. The molecule has 17 heavy (non-hydrogen) atoms. The summed E-state index contributed by atoms with van der Waals surface area (Å²) < 4.78 is 0. The highest BCUT2D eigenvalue weighted by atomic mass is 35.5. The van der Waals surface area contributed by atoms with Gasteiger partial charge in [-0.1, -0.05) is 30.3 Å². The van der Waals surface area contributed by atoms with E-state index in [2.05, 4.69) is 12.6 Å². The Morgan fingerprint density at radius 1 is 1.29 bits per heavy atom. The smallest absolute Gasteiger partial charge is 0.0444 e. The minimum Gasteiger partial charge on any atom is -0.328 e. The number of halogens is 1. The molecule has 1 aromatic carbocycles. The zero-order chi connectivity index (χ0) is 12.0. The van der Waals surface area contributed by atoms with Crippen molar-refractivity contribution in [2.75, 3.05) is 0 Å². The highest BCUT2D eigenvalue weighted by Crippen LogP contribution is 2.54. The third-order valence-corrected chi connectivity index (χ3v) is 4.94. The van der Waals surface area contributed by atoms with Crippen molar-refractivity contribution in [1.82, 2.24) is 0 Å². The first kappa shape index (κ1) is 11.3. The Bertz CT molecular complexity index is 470. The van der Waals surface area contributed by atoms with E-state index in [-0.39, 0.29) is 5.41 Å². The number of nitrogens with two attached hydrogens (primary N) is 1. The molecule has 1 spiro atoms. The summed E-state index contributed by atoms with van der Waals surface area (Å²) in [7, 11) is 0. The van der Waals surface area contributed by atoms with Gasteiger partial charge in [0.25, 0.3) is 0 Å². The van der Waals surface area contributed by atoms with Crippen LogP contribution in [0.2, 0.25) is 5.02 Å². The molecule has 0 bridgehead atoms. The first-order valence-electron chi connectivity index (χ1n) is 6.35. The van der Waals surface area contributed by atoms with E-state index in [0.717, 1.165) is 37.1 Å². The van der Waals surface area contributed by atoms with Crippen LogP contribution in [0.3, 0.4) is 0 Å². The molecule has 1 saturated carbocycles. The molecule has 0 atom stereocenters. The van der Waals surface area contributed by atoms with Crippen LogP contribution in [0.1, 0.15) is 36.8 Å². The quantitative estimate of drug-likeness (QED) is 0.742. The van der Waals surface area contributed by atoms with Gasteiger partial charge in [0.2, 0.25) is 0 Å². The van der Waals surface area contributed by atoms with Crippen LogP contribution < -0.4 is 5.73 Å². The SMILES string of the molecule is C=C1c2cccc(Cl)c2CC12CCC(N)CC2. The number of allylic oxidation sites excluding steroid dienone is 1. The van der Waals surface area contributed by atoms with Crippen LogP contribution in [0, 0.1) is 5.41 Å². The molecule has 1 aromatic rings. The molecule has 0 amide bonds. The molecular formula is C15H18ClN. The van der Waals surface area contributed by atoms with Gasteiger partial charge in [0.05, 0.1) is 0 Å². The molecule has 1 nitrogen and oxygen atoms in total. The van der Waals surface area contributed by atoms with Crippen molar-refractivity contribution in [2.24, 2.45) is 11.1 Å². The maximum Gasteiger partial charge on any atom is 0.0444 e.